The van der Waals surface area contributed by atoms with Crippen LogP contribution in [0.15, 0.2) is 24.3 Å². The lowest BCUT2D eigenvalue weighted by atomic mass is 9.83. The molecule has 0 bridgehead atoms. The largest absolute Gasteiger partial charge is 0.508 e. The molecular formula is C17H26O2. The van der Waals surface area contributed by atoms with Crippen LogP contribution >= 0.6 is 0 Å². The van der Waals surface area contributed by atoms with Crippen LogP contribution in [0.25, 0.3) is 0 Å². The van der Waals surface area contributed by atoms with E-state index in [1.165, 1.54) is 31.2 Å². The van der Waals surface area contributed by atoms with E-state index in [2.05, 4.69) is 13.8 Å². The van der Waals surface area contributed by atoms with Gasteiger partial charge in [-0.1, -0.05) is 38.8 Å². The number of phenols is 1. The van der Waals surface area contributed by atoms with E-state index >= 15 is 0 Å². The van der Waals surface area contributed by atoms with Crippen LogP contribution in [0.1, 0.15) is 51.5 Å². The highest BCUT2D eigenvalue weighted by Crippen LogP contribution is 2.28. The molecule has 2 heteroatoms. The van der Waals surface area contributed by atoms with E-state index in [1.807, 2.05) is 12.1 Å². The molecule has 1 fully saturated rings. The van der Waals surface area contributed by atoms with Crippen molar-refractivity contribution in [2.45, 2.75) is 58.5 Å². The van der Waals surface area contributed by atoms with Gasteiger partial charge >= 0.3 is 0 Å². The van der Waals surface area contributed by atoms with Crippen molar-refractivity contribution in [2.75, 3.05) is 6.61 Å². The summed E-state index contributed by atoms with van der Waals surface area (Å²) in [7, 11) is 0. The second-order valence-corrected chi connectivity index (χ2v) is 6.53. The van der Waals surface area contributed by atoms with Gasteiger partial charge in [0.2, 0.25) is 0 Å². The van der Waals surface area contributed by atoms with Crippen LogP contribution in [0.4, 0.5) is 0 Å². The first-order valence-electron chi connectivity index (χ1n) is 7.45. The van der Waals surface area contributed by atoms with Gasteiger partial charge in [-0.25, -0.2) is 0 Å². The third-order valence-electron chi connectivity index (χ3n) is 4.05. The van der Waals surface area contributed by atoms with Crippen LogP contribution in [0.2, 0.25) is 0 Å². The SMILES string of the molecule is CC(C)(CCOC1CCCC1)Cc1ccc(O)cc1. The molecule has 1 aliphatic carbocycles. The normalized spacial score (nSPS) is 16.9. The summed E-state index contributed by atoms with van der Waals surface area (Å²) in [6.07, 6.45) is 7.80. The number of ether oxygens (including phenoxy) is 1. The van der Waals surface area contributed by atoms with Gasteiger partial charge in [-0.05, 0) is 48.8 Å². The lowest BCUT2D eigenvalue weighted by Crippen LogP contribution is -2.19. The van der Waals surface area contributed by atoms with E-state index in [0.717, 1.165) is 19.4 Å². The number of hydrogen-bond acceptors (Lipinski definition) is 2. The highest BCUT2D eigenvalue weighted by atomic mass is 16.5. The molecule has 0 saturated heterocycles. The predicted octanol–water partition coefficient (Wildman–Crippen LogP) is 4.31. The lowest BCUT2D eigenvalue weighted by molar-refractivity contribution is 0.0399. The van der Waals surface area contributed by atoms with Gasteiger partial charge in [-0.3, -0.25) is 0 Å². The second kappa shape index (κ2) is 6.42. The summed E-state index contributed by atoms with van der Waals surface area (Å²) in [4.78, 5) is 0. The van der Waals surface area contributed by atoms with Crippen LogP contribution in [0, 0.1) is 5.41 Å². The van der Waals surface area contributed by atoms with E-state index < -0.39 is 0 Å². The van der Waals surface area contributed by atoms with Crippen LogP contribution in [-0.2, 0) is 11.2 Å². The summed E-state index contributed by atoms with van der Waals surface area (Å²) in [6.45, 7) is 5.45. The summed E-state index contributed by atoms with van der Waals surface area (Å²) in [6, 6.07) is 7.55. The summed E-state index contributed by atoms with van der Waals surface area (Å²) in [5, 5.41) is 9.30. The van der Waals surface area contributed by atoms with E-state index in [0.29, 0.717) is 11.9 Å². The minimum atomic E-state index is 0.246. The standard InChI is InChI=1S/C17H26O2/c1-17(2,11-12-19-16-5-3-4-6-16)13-14-7-9-15(18)10-8-14/h7-10,16,18H,3-6,11-13H2,1-2H3. The van der Waals surface area contributed by atoms with Crippen LogP contribution in [-0.4, -0.2) is 17.8 Å². The Balaban J connectivity index is 1.75. The molecule has 0 aliphatic heterocycles. The number of benzene rings is 1. The lowest BCUT2D eigenvalue weighted by Gasteiger charge is -2.25. The highest BCUT2D eigenvalue weighted by Gasteiger charge is 2.20. The molecule has 0 aromatic heterocycles. The average molecular weight is 262 g/mol. The predicted molar refractivity (Wildman–Crippen MR) is 78.4 cm³/mol. The second-order valence-electron chi connectivity index (χ2n) is 6.53. The van der Waals surface area contributed by atoms with Crippen molar-refractivity contribution >= 4 is 0 Å². The van der Waals surface area contributed by atoms with Gasteiger partial charge in [-0.15, -0.1) is 0 Å². The summed E-state index contributed by atoms with van der Waals surface area (Å²) < 4.78 is 5.96. The van der Waals surface area contributed by atoms with Crippen molar-refractivity contribution in [3.8, 4) is 5.75 Å². The minimum absolute atomic E-state index is 0.246. The maximum Gasteiger partial charge on any atom is 0.115 e. The molecule has 0 spiro atoms. The topological polar surface area (TPSA) is 29.5 Å². The molecule has 1 aromatic carbocycles. The Hall–Kier alpha value is -1.02. The fourth-order valence-electron chi connectivity index (χ4n) is 2.81. The van der Waals surface area contributed by atoms with Gasteiger partial charge in [0.25, 0.3) is 0 Å². The molecule has 0 atom stereocenters. The Morgan fingerprint density at radius 1 is 1.16 bits per heavy atom. The zero-order valence-electron chi connectivity index (χ0n) is 12.2. The number of hydrogen-bond donors (Lipinski definition) is 1. The van der Waals surface area contributed by atoms with Crippen molar-refractivity contribution < 1.29 is 9.84 Å². The Bertz CT molecular complexity index is 375. The van der Waals surface area contributed by atoms with Crippen molar-refractivity contribution in [1.82, 2.24) is 0 Å². The minimum Gasteiger partial charge on any atom is -0.508 e. The molecule has 0 amide bonds. The fourth-order valence-corrected chi connectivity index (χ4v) is 2.81. The molecular weight excluding hydrogens is 236 g/mol. The Labute approximate surface area is 116 Å². The summed E-state index contributed by atoms with van der Waals surface area (Å²) in [5.74, 6) is 0.339. The molecule has 1 N–H and O–H groups in total. The molecule has 1 aromatic rings. The average Bonchev–Trinajstić information content (AvgIpc) is 2.85. The molecule has 2 rings (SSSR count). The molecule has 0 heterocycles. The van der Waals surface area contributed by atoms with Gasteiger partial charge in [0.15, 0.2) is 0 Å². The molecule has 0 radical (unpaired) electrons. The van der Waals surface area contributed by atoms with Crippen molar-refractivity contribution in [2.24, 2.45) is 5.41 Å². The van der Waals surface area contributed by atoms with Gasteiger partial charge in [0.1, 0.15) is 5.75 Å². The van der Waals surface area contributed by atoms with E-state index in [-0.39, 0.29) is 5.41 Å². The molecule has 1 saturated carbocycles. The van der Waals surface area contributed by atoms with Crippen LogP contribution in [0.3, 0.4) is 0 Å². The van der Waals surface area contributed by atoms with E-state index in [9.17, 15) is 5.11 Å². The molecule has 2 nitrogen and oxygen atoms in total. The van der Waals surface area contributed by atoms with Gasteiger partial charge in [0, 0.05) is 6.61 Å². The maximum atomic E-state index is 9.30. The van der Waals surface area contributed by atoms with Crippen molar-refractivity contribution in [3.63, 3.8) is 0 Å². The van der Waals surface area contributed by atoms with Crippen LogP contribution < -0.4 is 0 Å². The molecule has 19 heavy (non-hydrogen) atoms. The quantitative estimate of drug-likeness (QED) is 0.827. The number of aromatic hydroxyl groups is 1. The van der Waals surface area contributed by atoms with E-state index in [4.69, 9.17) is 4.74 Å². The summed E-state index contributed by atoms with van der Waals surface area (Å²) in [5.41, 5.74) is 1.53. The third-order valence-corrected chi connectivity index (χ3v) is 4.05. The van der Waals surface area contributed by atoms with Gasteiger partial charge in [0.05, 0.1) is 6.10 Å². The number of rotatable bonds is 6. The zero-order chi connectivity index (χ0) is 13.7. The van der Waals surface area contributed by atoms with Crippen molar-refractivity contribution in [3.05, 3.63) is 29.8 Å². The first-order valence-corrected chi connectivity index (χ1v) is 7.45. The highest BCUT2D eigenvalue weighted by molar-refractivity contribution is 5.26. The van der Waals surface area contributed by atoms with Gasteiger partial charge < -0.3 is 9.84 Å². The first kappa shape index (κ1) is 14.4. The third kappa shape index (κ3) is 4.87. The Morgan fingerprint density at radius 2 is 1.79 bits per heavy atom. The zero-order valence-corrected chi connectivity index (χ0v) is 12.2. The molecule has 106 valence electrons. The maximum absolute atomic E-state index is 9.30. The van der Waals surface area contributed by atoms with E-state index in [1.54, 1.807) is 12.1 Å². The molecule has 0 unspecified atom stereocenters. The van der Waals surface area contributed by atoms with Gasteiger partial charge in [-0.2, -0.15) is 0 Å². The first-order chi connectivity index (χ1) is 9.05. The van der Waals surface area contributed by atoms with Crippen LogP contribution in [0.5, 0.6) is 5.75 Å². The monoisotopic (exact) mass is 262 g/mol. The number of phenolic OH excluding ortho intramolecular Hbond substituents is 1. The summed E-state index contributed by atoms with van der Waals surface area (Å²) >= 11 is 0. The Kier molecular flexibility index (Phi) is 4.87. The molecule has 1 aliphatic rings. The Morgan fingerprint density at radius 3 is 2.42 bits per heavy atom. The smallest absolute Gasteiger partial charge is 0.115 e. The van der Waals surface area contributed by atoms with Crippen molar-refractivity contribution in [1.29, 1.82) is 0 Å². The fraction of sp³-hybridized carbons (Fsp3) is 0.647.